The first-order chi connectivity index (χ1) is 11.2. The highest BCUT2D eigenvalue weighted by atomic mass is 19.1. The van der Waals surface area contributed by atoms with Gasteiger partial charge >= 0.3 is 0 Å². The summed E-state index contributed by atoms with van der Waals surface area (Å²) in [6.07, 6.45) is 5.64. The Morgan fingerprint density at radius 1 is 1.22 bits per heavy atom. The summed E-state index contributed by atoms with van der Waals surface area (Å²) in [7, 11) is 0. The van der Waals surface area contributed by atoms with E-state index in [-0.39, 0.29) is 17.6 Å². The number of benzene rings is 1. The smallest absolute Gasteiger partial charge is 0.252 e. The van der Waals surface area contributed by atoms with Crippen LogP contribution in [0.5, 0.6) is 0 Å². The van der Waals surface area contributed by atoms with Crippen LogP contribution >= 0.6 is 0 Å². The SMILES string of the molecule is O=C(NCCC(c1ccc(F)cc1)c1ccco1)c1cc[nH]c1. The number of aromatic amines is 1. The number of carbonyl (C=O) groups excluding carboxylic acids is 1. The van der Waals surface area contributed by atoms with Crippen molar-refractivity contribution in [1.29, 1.82) is 0 Å². The van der Waals surface area contributed by atoms with Crippen LogP contribution in [-0.4, -0.2) is 17.4 Å². The third kappa shape index (κ3) is 3.69. The third-order valence-corrected chi connectivity index (χ3v) is 3.74. The van der Waals surface area contributed by atoms with Gasteiger partial charge < -0.3 is 14.7 Å². The van der Waals surface area contributed by atoms with E-state index in [1.54, 1.807) is 36.9 Å². The van der Waals surface area contributed by atoms with Crippen LogP contribution in [0.25, 0.3) is 0 Å². The Morgan fingerprint density at radius 2 is 2.04 bits per heavy atom. The molecule has 0 aliphatic rings. The van der Waals surface area contributed by atoms with Gasteiger partial charge in [0.05, 0.1) is 11.8 Å². The Hall–Kier alpha value is -2.82. The molecule has 0 aliphatic heterocycles. The van der Waals surface area contributed by atoms with Gasteiger partial charge in [-0.05, 0) is 42.3 Å². The van der Waals surface area contributed by atoms with Gasteiger partial charge in [-0.15, -0.1) is 0 Å². The van der Waals surface area contributed by atoms with E-state index in [9.17, 15) is 9.18 Å². The van der Waals surface area contributed by atoms with Crippen molar-refractivity contribution in [3.63, 3.8) is 0 Å². The Morgan fingerprint density at radius 3 is 2.70 bits per heavy atom. The van der Waals surface area contributed by atoms with Gasteiger partial charge in [-0.2, -0.15) is 0 Å². The van der Waals surface area contributed by atoms with Crippen molar-refractivity contribution >= 4 is 5.91 Å². The maximum absolute atomic E-state index is 13.1. The lowest BCUT2D eigenvalue weighted by Crippen LogP contribution is -2.25. The summed E-state index contributed by atoms with van der Waals surface area (Å²) in [5.74, 6) is 0.376. The second-order valence-electron chi connectivity index (χ2n) is 5.26. The highest BCUT2D eigenvalue weighted by molar-refractivity contribution is 5.93. The number of H-pyrrole nitrogens is 1. The predicted octanol–water partition coefficient (Wildman–Crippen LogP) is 3.70. The minimum atomic E-state index is -0.271. The second-order valence-corrected chi connectivity index (χ2v) is 5.26. The first-order valence-electron chi connectivity index (χ1n) is 7.44. The fourth-order valence-electron chi connectivity index (χ4n) is 2.56. The van der Waals surface area contributed by atoms with Gasteiger partial charge in [0.1, 0.15) is 11.6 Å². The van der Waals surface area contributed by atoms with E-state index in [0.717, 1.165) is 11.3 Å². The van der Waals surface area contributed by atoms with Gasteiger partial charge in [-0.25, -0.2) is 4.39 Å². The molecular formula is C18H17FN2O2. The minimum absolute atomic E-state index is 0.0304. The van der Waals surface area contributed by atoms with Crippen molar-refractivity contribution in [3.8, 4) is 0 Å². The van der Waals surface area contributed by atoms with Gasteiger partial charge in [0, 0.05) is 24.9 Å². The van der Waals surface area contributed by atoms with Crippen LogP contribution in [-0.2, 0) is 0 Å². The molecule has 2 N–H and O–H groups in total. The molecule has 3 aromatic rings. The molecule has 0 aliphatic carbocycles. The predicted molar refractivity (Wildman–Crippen MR) is 84.7 cm³/mol. The molecule has 1 atom stereocenters. The zero-order chi connectivity index (χ0) is 16.1. The first kappa shape index (κ1) is 15.1. The molecule has 1 aromatic carbocycles. The number of rotatable bonds is 6. The molecule has 2 heterocycles. The van der Waals surface area contributed by atoms with Gasteiger partial charge in [-0.1, -0.05) is 12.1 Å². The average Bonchev–Trinajstić information content (AvgIpc) is 3.26. The van der Waals surface area contributed by atoms with E-state index in [1.807, 2.05) is 12.1 Å². The number of carbonyl (C=O) groups is 1. The summed E-state index contributed by atoms with van der Waals surface area (Å²) in [5, 5.41) is 2.88. The van der Waals surface area contributed by atoms with Crippen molar-refractivity contribution in [2.75, 3.05) is 6.54 Å². The van der Waals surface area contributed by atoms with E-state index in [4.69, 9.17) is 4.42 Å². The molecule has 4 nitrogen and oxygen atoms in total. The highest BCUT2D eigenvalue weighted by Gasteiger charge is 2.17. The maximum Gasteiger partial charge on any atom is 0.252 e. The van der Waals surface area contributed by atoms with Crippen LogP contribution in [0, 0.1) is 5.82 Å². The molecule has 1 amide bonds. The quantitative estimate of drug-likeness (QED) is 0.729. The Balaban J connectivity index is 1.67. The Bertz CT molecular complexity index is 734. The highest BCUT2D eigenvalue weighted by Crippen LogP contribution is 2.28. The van der Waals surface area contributed by atoms with Crippen LogP contribution in [0.2, 0.25) is 0 Å². The van der Waals surface area contributed by atoms with Crippen molar-refractivity contribution in [2.45, 2.75) is 12.3 Å². The zero-order valence-electron chi connectivity index (χ0n) is 12.5. The molecule has 0 saturated carbocycles. The molecular weight excluding hydrogens is 295 g/mol. The number of halogens is 1. The number of furan rings is 1. The minimum Gasteiger partial charge on any atom is -0.469 e. The van der Waals surface area contributed by atoms with Crippen molar-refractivity contribution < 1.29 is 13.6 Å². The van der Waals surface area contributed by atoms with Crippen LogP contribution < -0.4 is 5.32 Å². The summed E-state index contributed by atoms with van der Waals surface area (Å²) in [5.41, 5.74) is 1.55. The summed E-state index contributed by atoms with van der Waals surface area (Å²) < 4.78 is 18.6. The van der Waals surface area contributed by atoms with Gasteiger partial charge in [-0.3, -0.25) is 4.79 Å². The van der Waals surface area contributed by atoms with Gasteiger partial charge in [0.25, 0.3) is 5.91 Å². The topological polar surface area (TPSA) is 58.0 Å². The summed E-state index contributed by atoms with van der Waals surface area (Å²) in [6.45, 7) is 0.493. The Kier molecular flexibility index (Phi) is 4.57. The molecule has 23 heavy (non-hydrogen) atoms. The van der Waals surface area contributed by atoms with Crippen LogP contribution in [0.3, 0.4) is 0 Å². The number of amides is 1. The molecule has 0 spiro atoms. The monoisotopic (exact) mass is 312 g/mol. The summed E-state index contributed by atoms with van der Waals surface area (Å²) in [4.78, 5) is 14.8. The van der Waals surface area contributed by atoms with E-state index >= 15 is 0 Å². The number of hydrogen-bond acceptors (Lipinski definition) is 2. The van der Waals surface area contributed by atoms with Gasteiger partial charge in [0.2, 0.25) is 0 Å². The molecule has 5 heteroatoms. The molecule has 0 fully saturated rings. The standard InChI is InChI=1S/C18H17FN2O2/c19-15-5-3-13(4-6-15)16(17-2-1-11-23-17)8-10-21-18(22)14-7-9-20-12-14/h1-7,9,11-12,16,20H,8,10H2,(H,21,22). The lowest BCUT2D eigenvalue weighted by Gasteiger charge is -2.15. The van der Waals surface area contributed by atoms with Crippen LogP contribution in [0.1, 0.15) is 34.0 Å². The Labute approximate surface area is 133 Å². The van der Waals surface area contributed by atoms with Crippen molar-refractivity contribution in [2.24, 2.45) is 0 Å². The fourth-order valence-corrected chi connectivity index (χ4v) is 2.56. The summed E-state index contributed by atoms with van der Waals surface area (Å²) >= 11 is 0. The maximum atomic E-state index is 13.1. The normalized spacial score (nSPS) is 12.0. The zero-order valence-corrected chi connectivity index (χ0v) is 12.5. The molecule has 2 aromatic heterocycles. The third-order valence-electron chi connectivity index (χ3n) is 3.74. The van der Waals surface area contributed by atoms with E-state index in [1.165, 1.54) is 12.1 Å². The van der Waals surface area contributed by atoms with E-state index in [2.05, 4.69) is 10.3 Å². The van der Waals surface area contributed by atoms with Gasteiger partial charge in [0.15, 0.2) is 0 Å². The van der Waals surface area contributed by atoms with E-state index < -0.39 is 0 Å². The molecule has 1 unspecified atom stereocenters. The number of hydrogen-bond donors (Lipinski definition) is 2. The molecule has 0 bridgehead atoms. The molecule has 0 saturated heterocycles. The second kappa shape index (κ2) is 6.96. The molecule has 3 rings (SSSR count). The van der Waals surface area contributed by atoms with Crippen molar-refractivity contribution in [3.05, 3.63) is 83.8 Å². The lowest BCUT2D eigenvalue weighted by molar-refractivity contribution is 0.0952. The number of aromatic nitrogens is 1. The largest absolute Gasteiger partial charge is 0.469 e. The average molecular weight is 312 g/mol. The number of nitrogens with one attached hydrogen (secondary N) is 2. The molecule has 0 radical (unpaired) electrons. The van der Waals surface area contributed by atoms with Crippen LogP contribution in [0.15, 0.2) is 65.5 Å². The first-order valence-corrected chi connectivity index (χ1v) is 7.44. The van der Waals surface area contributed by atoms with Crippen LogP contribution in [0.4, 0.5) is 4.39 Å². The van der Waals surface area contributed by atoms with E-state index in [0.29, 0.717) is 18.5 Å². The van der Waals surface area contributed by atoms with Crippen molar-refractivity contribution in [1.82, 2.24) is 10.3 Å². The molecule has 118 valence electrons. The summed E-state index contributed by atoms with van der Waals surface area (Å²) in [6, 6.07) is 11.8. The lowest BCUT2D eigenvalue weighted by atomic mass is 9.93. The fraction of sp³-hybridized carbons (Fsp3) is 0.167.